The molecule has 0 fully saturated rings. The number of quaternary nitrogens is 1. The molecule has 0 aliphatic carbocycles. The Hall–Kier alpha value is -2.11. The Labute approximate surface area is 146 Å². The average Bonchev–Trinajstić information content (AvgIpc) is 2.93. The average molecular weight is 340 g/mol. The van der Waals surface area contributed by atoms with Gasteiger partial charge in [-0.25, -0.2) is 0 Å². The lowest BCUT2D eigenvalue weighted by Gasteiger charge is -2.27. The molecule has 1 aromatic carbocycles. The minimum Gasteiger partial charge on any atom is -0.353 e. The van der Waals surface area contributed by atoms with Crippen molar-refractivity contribution in [3.63, 3.8) is 0 Å². The lowest BCUT2D eigenvalue weighted by atomic mass is 10.0. The van der Waals surface area contributed by atoms with Gasteiger partial charge in [0.2, 0.25) is 0 Å². The quantitative estimate of drug-likeness (QED) is 0.782. The molecule has 0 radical (unpaired) electrons. The van der Waals surface area contributed by atoms with Crippen LogP contribution in [0.5, 0.6) is 0 Å². The van der Waals surface area contributed by atoms with Gasteiger partial charge in [-0.3, -0.25) is 4.79 Å². The molecule has 2 atom stereocenters. The lowest BCUT2D eigenvalue weighted by molar-refractivity contribution is -0.895. The summed E-state index contributed by atoms with van der Waals surface area (Å²) in [6.07, 6.45) is 2.97. The van der Waals surface area contributed by atoms with Crippen molar-refractivity contribution in [2.75, 3.05) is 18.9 Å². The molecule has 4 nitrogen and oxygen atoms in total. The monoisotopic (exact) mass is 340 g/mol. The maximum absolute atomic E-state index is 12.7. The fraction of sp³-hybridized carbons (Fsp3) is 0.316. The van der Waals surface area contributed by atoms with Crippen molar-refractivity contribution in [3.05, 3.63) is 57.5 Å². The zero-order valence-electron chi connectivity index (χ0n) is 14.0. The second kappa shape index (κ2) is 6.07. The molecule has 1 amide bonds. The van der Waals surface area contributed by atoms with Crippen LogP contribution in [0.2, 0.25) is 0 Å². The molecule has 0 bridgehead atoms. The number of benzene rings is 1. The Bertz CT molecular complexity index is 810. The van der Waals surface area contributed by atoms with Crippen LogP contribution < -0.4 is 15.5 Å². The van der Waals surface area contributed by atoms with Gasteiger partial charge in [0.15, 0.2) is 0 Å². The van der Waals surface area contributed by atoms with E-state index >= 15 is 0 Å². The first-order valence-electron chi connectivity index (χ1n) is 8.38. The fourth-order valence-electron chi connectivity index (χ4n) is 3.46. The summed E-state index contributed by atoms with van der Waals surface area (Å²) in [5.74, 6) is 0.0617. The number of hydrogen-bond donors (Lipinski definition) is 3. The van der Waals surface area contributed by atoms with Crippen LogP contribution in [0.25, 0.3) is 6.08 Å². The van der Waals surface area contributed by atoms with Crippen LogP contribution >= 0.6 is 11.3 Å². The van der Waals surface area contributed by atoms with Gasteiger partial charge >= 0.3 is 0 Å². The van der Waals surface area contributed by atoms with Crippen LogP contribution in [0, 0.1) is 0 Å². The smallest absolute Gasteiger partial charge is 0.256 e. The van der Waals surface area contributed by atoms with E-state index < -0.39 is 0 Å². The standard InChI is InChI=1S/C19H21N3OS/c1-12(10-13-6-4-3-5-7-13)17-20-18(23)16-14-8-9-22(2)11-15(14)24-19(16)21-17/h3-7,10,17,21H,8-9,11H2,1-2H3,(H,20,23)/p+1/t17-/m0/s1. The van der Waals surface area contributed by atoms with E-state index in [4.69, 9.17) is 0 Å². The Morgan fingerprint density at radius 3 is 2.88 bits per heavy atom. The van der Waals surface area contributed by atoms with Gasteiger partial charge in [-0.2, -0.15) is 0 Å². The van der Waals surface area contributed by atoms with E-state index in [0.717, 1.165) is 41.2 Å². The number of carbonyl (C=O) groups is 1. The van der Waals surface area contributed by atoms with E-state index in [1.807, 2.05) is 18.2 Å². The van der Waals surface area contributed by atoms with Crippen molar-refractivity contribution >= 4 is 28.3 Å². The zero-order chi connectivity index (χ0) is 16.7. The molecule has 2 aliphatic heterocycles. The van der Waals surface area contributed by atoms with Crippen LogP contribution in [-0.4, -0.2) is 25.7 Å². The third kappa shape index (κ3) is 2.74. The van der Waals surface area contributed by atoms with Crippen molar-refractivity contribution in [2.24, 2.45) is 0 Å². The molecule has 2 aromatic rings. The topological polar surface area (TPSA) is 45.6 Å². The first-order valence-corrected chi connectivity index (χ1v) is 9.20. The summed E-state index contributed by atoms with van der Waals surface area (Å²) in [6, 6.07) is 10.2. The normalized spacial score (nSPS) is 23.1. The van der Waals surface area contributed by atoms with Gasteiger partial charge < -0.3 is 15.5 Å². The number of likely N-dealkylation sites (N-methyl/N-ethyl adjacent to an activating group) is 1. The predicted octanol–water partition coefficient (Wildman–Crippen LogP) is 1.90. The highest BCUT2D eigenvalue weighted by atomic mass is 32.1. The number of nitrogens with one attached hydrogen (secondary N) is 3. The van der Waals surface area contributed by atoms with Crippen LogP contribution in [0.1, 0.15) is 33.3 Å². The Morgan fingerprint density at radius 2 is 2.08 bits per heavy atom. The number of carbonyl (C=O) groups excluding carboxylic acids is 1. The molecular formula is C19H22N3OS+. The second-order valence-electron chi connectivity index (χ2n) is 6.69. The third-order valence-corrected chi connectivity index (χ3v) is 5.95. The van der Waals surface area contributed by atoms with Gasteiger partial charge in [0, 0.05) is 6.42 Å². The van der Waals surface area contributed by atoms with E-state index in [-0.39, 0.29) is 12.1 Å². The Morgan fingerprint density at radius 1 is 1.29 bits per heavy atom. The highest BCUT2D eigenvalue weighted by Crippen LogP contribution is 2.37. The number of anilines is 1. The van der Waals surface area contributed by atoms with Crippen LogP contribution in [0.3, 0.4) is 0 Å². The van der Waals surface area contributed by atoms with Crippen LogP contribution in [0.15, 0.2) is 35.9 Å². The SMILES string of the molecule is CC(=Cc1ccccc1)[C@H]1NC(=O)c2c(sc3c2CC[NH+](C)C3)N1. The maximum Gasteiger partial charge on any atom is 0.256 e. The van der Waals surface area contributed by atoms with E-state index in [0.29, 0.717) is 0 Å². The third-order valence-electron chi connectivity index (χ3n) is 4.78. The van der Waals surface area contributed by atoms with Gasteiger partial charge in [-0.05, 0) is 23.6 Å². The summed E-state index contributed by atoms with van der Waals surface area (Å²) in [6.45, 7) is 4.17. The molecule has 4 rings (SSSR count). The summed E-state index contributed by atoms with van der Waals surface area (Å²) >= 11 is 1.75. The molecule has 5 heteroatoms. The molecule has 0 spiro atoms. The summed E-state index contributed by atoms with van der Waals surface area (Å²) < 4.78 is 0. The molecule has 2 aliphatic rings. The number of amides is 1. The molecular weight excluding hydrogens is 318 g/mol. The first kappa shape index (κ1) is 15.4. The van der Waals surface area contributed by atoms with Crippen molar-refractivity contribution in [1.29, 1.82) is 0 Å². The summed E-state index contributed by atoms with van der Waals surface area (Å²) in [7, 11) is 2.21. The molecule has 124 valence electrons. The number of fused-ring (bicyclic) bond motifs is 3. The van der Waals surface area contributed by atoms with E-state index in [9.17, 15) is 4.79 Å². The first-order chi connectivity index (χ1) is 11.6. The molecule has 1 aromatic heterocycles. The van der Waals surface area contributed by atoms with Gasteiger partial charge in [0.05, 0.1) is 24.0 Å². The summed E-state index contributed by atoms with van der Waals surface area (Å²) in [4.78, 5) is 15.6. The predicted molar refractivity (Wildman–Crippen MR) is 98.5 cm³/mol. The maximum atomic E-state index is 12.7. The molecule has 0 saturated carbocycles. The largest absolute Gasteiger partial charge is 0.353 e. The lowest BCUT2D eigenvalue weighted by Crippen LogP contribution is -3.08. The van der Waals surface area contributed by atoms with E-state index in [1.54, 1.807) is 11.3 Å². The number of rotatable bonds is 2. The van der Waals surface area contributed by atoms with Gasteiger partial charge in [0.25, 0.3) is 5.91 Å². The van der Waals surface area contributed by atoms with Gasteiger partial charge in [0.1, 0.15) is 17.7 Å². The highest BCUT2D eigenvalue weighted by molar-refractivity contribution is 7.16. The number of thiophene rings is 1. The minimum atomic E-state index is -0.143. The van der Waals surface area contributed by atoms with Crippen molar-refractivity contribution in [2.45, 2.75) is 26.1 Å². The summed E-state index contributed by atoms with van der Waals surface area (Å²) in [5.41, 5.74) is 4.39. The highest BCUT2D eigenvalue weighted by Gasteiger charge is 2.33. The molecule has 24 heavy (non-hydrogen) atoms. The van der Waals surface area contributed by atoms with Crippen molar-refractivity contribution < 1.29 is 9.69 Å². The molecule has 3 N–H and O–H groups in total. The summed E-state index contributed by atoms with van der Waals surface area (Å²) in [5, 5.41) is 7.68. The Kier molecular flexibility index (Phi) is 3.90. The second-order valence-corrected chi connectivity index (χ2v) is 7.80. The van der Waals surface area contributed by atoms with E-state index in [2.05, 4.69) is 42.8 Å². The van der Waals surface area contributed by atoms with Gasteiger partial charge in [-0.1, -0.05) is 36.4 Å². The van der Waals surface area contributed by atoms with Gasteiger partial charge in [-0.15, -0.1) is 11.3 Å². The van der Waals surface area contributed by atoms with Crippen LogP contribution in [-0.2, 0) is 13.0 Å². The minimum absolute atomic E-state index is 0.0617. The molecule has 0 saturated heterocycles. The molecule has 3 heterocycles. The molecule has 1 unspecified atom stereocenters. The van der Waals surface area contributed by atoms with Crippen molar-refractivity contribution in [1.82, 2.24) is 5.32 Å². The Balaban J connectivity index is 1.63. The van der Waals surface area contributed by atoms with Crippen molar-refractivity contribution in [3.8, 4) is 0 Å². The van der Waals surface area contributed by atoms with Crippen LogP contribution in [0.4, 0.5) is 5.00 Å². The fourth-order valence-corrected chi connectivity index (χ4v) is 4.84. The van der Waals surface area contributed by atoms with E-state index in [1.165, 1.54) is 15.3 Å². The zero-order valence-corrected chi connectivity index (χ0v) is 14.8. The number of hydrogen-bond acceptors (Lipinski definition) is 3.